The lowest BCUT2D eigenvalue weighted by Gasteiger charge is -2.36. The number of nitrogens with two attached hydrogens (primary N) is 1. The van der Waals surface area contributed by atoms with E-state index in [1.54, 1.807) is 14.2 Å². The van der Waals surface area contributed by atoms with Crippen molar-refractivity contribution in [1.29, 1.82) is 0 Å². The summed E-state index contributed by atoms with van der Waals surface area (Å²) < 4.78 is 10.5. The molecule has 22 heavy (non-hydrogen) atoms. The zero-order chi connectivity index (χ0) is 16.1. The van der Waals surface area contributed by atoms with E-state index in [1.807, 2.05) is 23.1 Å². The molecule has 122 valence electrons. The number of methoxy groups -OCH3 is 2. The highest BCUT2D eigenvalue weighted by atomic mass is 16.5. The molecule has 0 saturated carbocycles. The number of carbonyl (C=O) groups is 1. The minimum Gasteiger partial charge on any atom is -0.497 e. The molecule has 2 atom stereocenters. The first-order valence-corrected chi connectivity index (χ1v) is 7.80. The Bertz CT molecular complexity index is 496. The van der Waals surface area contributed by atoms with Gasteiger partial charge in [-0.15, -0.1) is 0 Å². The summed E-state index contributed by atoms with van der Waals surface area (Å²) in [5.74, 6) is 1.69. The third-order valence-corrected chi connectivity index (χ3v) is 4.28. The second-order valence-corrected chi connectivity index (χ2v) is 5.94. The van der Waals surface area contributed by atoms with Gasteiger partial charge < -0.3 is 20.1 Å². The highest BCUT2D eigenvalue weighted by molar-refractivity contribution is 5.77. The number of rotatable bonds is 5. The smallest absolute Gasteiger partial charge is 0.223 e. The zero-order valence-corrected chi connectivity index (χ0v) is 13.7. The summed E-state index contributed by atoms with van der Waals surface area (Å²) in [5.41, 5.74) is 7.00. The Labute approximate surface area is 132 Å². The van der Waals surface area contributed by atoms with Crippen LogP contribution in [0.2, 0.25) is 0 Å². The van der Waals surface area contributed by atoms with Crippen LogP contribution in [0.15, 0.2) is 18.2 Å². The molecular formula is C17H26N2O3. The van der Waals surface area contributed by atoms with Crippen LogP contribution in [0.3, 0.4) is 0 Å². The maximum absolute atomic E-state index is 12.4. The molecule has 1 fully saturated rings. The minimum absolute atomic E-state index is 0.196. The van der Waals surface area contributed by atoms with Gasteiger partial charge in [-0.2, -0.15) is 0 Å². The number of amides is 1. The number of hydrogen-bond donors (Lipinski definition) is 1. The Balaban J connectivity index is 1.96. The normalized spacial score (nSPS) is 21.5. The maximum atomic E-state index is 12.4. The Hall–Kier alpha value is -1.75. The lowest BCUT2D eigenvalue weighted by atomic mass is 9.98. The van der Waals surface area contributed by atoms with Gasteiger partial charge in [0.2, 0.25) is 5.91 Å². The number of aryl methyl sites for hydroxylation is 1. The van der Waals surface area contributed by atoms with Crippen LogP contribution in [-0.4, -0.2) is 43.7 Å². The number of carbonyl (C=O) groups excluding carboxylic acids is 1. The van der Waals surface area contributed by atoms with Crippen LogP contribution in [0.5, 0.6) is 11.5 Å². The number of nitrogens with zero attached hydrogens (tertiary/aromatic N) is 1. The van der Waals surface area contributed by atoms with E-state index in [0.717, 1.165) is 36.4 Å². The molecule has 5 heteroatoms. The molecule has 0 radical (unpaired) electrons. The number of hydrogen-bond acceptors (Lipinski definition) is 4. The van der Waals surface area contributed by atoms with Crippen LogP contribution >= 0.6 is 0 Å². The van der Waals surface area contributed by atoms with Gasteiger partial charge in [-0.1, -0.05) is 0 Å². The van der Waals surface area contributed by atoms with E-state index in [2.05, 4.69) is 6.92 Å². The number of benzene rings is 1. The van der Waals surface area contributed by atoms with Gasteiger partial charge in [0.15, 0.2) is 0 Å². The van der Waals surface area contributed by atoms with E-state index in [-0.39, 0.29) is 18.0 Å². The van der Waals surface area contributed by atoms with Crippen LogP contribution in [0, 0.1) is 0 Å². The van der Waals surface area contributed by atoms with Crippen molar-refractivity contribution in [3.8, 4) is 11.5 Å². The largest absolute Gasteiger partial charge is 0.497 e. The van der Waals surface area contributed by atoms with Crippen LogP contribution in [0.25, 0.3) is 0 Å². The van der Waals surface area contributed by atoms with E-state index in [1.165, 1.54) is 0 Å². The predicted octanol–water partition coefficient (Wildman–Crippen LogP) is 1.97. The summed E-state index contributed by atoms with van der Waals surface area (Å²) in [5, 5.41) is 0. The molecule has 0 aliphatic carbocycles. The van der Waals surface area contributed by atoms with E-state index in [0.29, 0.717) is 12.8 Å². The molecule has 0 bridgehead atoms. The number of ether oxygens (including phenoxy) is 2. The van der Waals surface area contributed by atoms with Crippen molar-refractivity contribution >= 4 is 5.91 Å². The fraction of sp³-hybridized carbons (Fsp3) is 0.588. The molecule has 2 rings (SSSR count). The first kappa shape index (κ1) is 16.6. The fourth-order valence-corrected chi connectivity index (χ4v) is 2.98. The monoisotopic (exact) mass is 306 g/mol. The summed E-state index contributed by atoms with van der Waals surface area (Å²) in [6.45, 7) is 2.84. The predicted molar refractivity (Wildman–Crippen MR) is 86.3 cm³/mol. The van der Waals surface area contributed by atoms with Crippen LogP contribution < -0.4 is 15.2 Å². The third-order valence-electron chi connectivity index (χ3n) is 4.28. The van der Waals surface area contributed by atoms with Gasteiger partial charge >= 0.3 is 0 Å². The molecule has 0 unspecified atom stereocenters. The molecule has 1 aliphatic heterocycles. The van der Waals surface area contributed by atoms with Crippen molar-refractivity contribution < 1.29 is 14.3 Å². The van der Waals surface area contributed by atoms with Crippen molar-refractivity contribution in [3.05, 3.63) is 23.8 Å². The van der Waals surface area contributed by atoms with Crippen LogP contribution in [0.1, 0.15) is 31.7 Å². The van der Waals surface area contributed by atoms with Crippen LogP contribution in [-0.2, 0) is 11.2 Å². The van der Waals surface area contributed by atoms with Crippen molar-refractivity contribution in [2.24, 2.45) is 5.73 Å². The molecule has 2 N–H and O–H groups in total. The lowest BCUT2D eigenvalue weighted by Crippen LogP contribution is -2.48. The molecule has 1 aliphatic rings. The summed E-state index contributed by atoms with van der Waals surface area (Å²) in [4.78, 5) is 14.4. The van der Waals surface area contributed by atoms with Gasteiger partial charge in [0, 0.05) is 31.1 Å². The average Bonchev–Trinajstić information content (AvgIpc) is 2.52. The molecule has 1 aromatic rings. The number of likely N-dealkylation sites (tertiary alicyclic amines) is 1. The fourth-order valence-electron chi connectivity index (χ4n) is 2.98. The molecular weight excluding hydrogens is 280 g/mol. The lowest BCUT2D eigenvalue weighted by molar-refractivity contribution is -0.134. The quantitative estimate of drug-likeness (QED) is 0.903. The van der Waals surface area contributed by atoms with E-state index in [4.69, 9.17) is 15.2 Å². The second-order valence-electron chi connectivity index (χ2n) is 5.94. The molecule has 0 aromatic heterocycles. The van der Waals surface area contributed by atoms with Gasteiger partial charge in [-0.3, -0.25) is 4.79 Å². The topological polar surface area (TPSA) is 64.8 Å². The highest BCUT2D eigenvalue weighted by Crippen LogP contribution is 2.24. The minimum atomic E-state index is 0.196. The Morgan fingerprint density at radius 2 is 1.91 bits per heavy atom. The summed E-state index contributed by atoms with van der Waals surface area (Å²) in [7, 11) is 3.25. The maximum Gasteiger partial charge on any atom is 0.223 e. The van der Waals surface area contributed by atoms with E-state index >= 15 is 0 Å². The molecule has 1 amide bonds. The highest BCUT2D eigenvalue weighted by Gasteiger charge is 2.26. The van der Waals surface area contributed by atoms with Crippen molar-refractivity contribution in [3.63, 3.8) is 0 Å². The van der Waals surface area contributed by atoms with E-state index < -0.39 is 0 Å². The van der Waals surface area contributed by atoms with Gasteiger partial charge in [-0.25, -0.2) is 0 Å². The van der Waals surface area contributed by atoms with Gasteiger partial charge in [-0.05, 0) is 43.9 Å². The van der Waals surface area contributed by atoms with Gasteiger partial charge in [0.1, 0.15) is 11.5 Å². The Morgan fingerprint density at radius 1 is 1.27 bits per heavy atom. The molecule has 0 spiro atoms. The first-order valence-electron chi connectivity index (χ1n) is 7.80. The average molecular weight is 306 g/mol. The first-order chi connectivity index (χ1) is 10.5. The molecule has 1 saturated heterocycles. The Morgan fingerprint density at radius 3 is 2.45 bits per heavy atom. The SMILES string of the molecule is COc1cc(CCC(=O)N2CC[C@@H](N)C[C@@H]2C)cc(OC)c1. The molecule has 5 nitrogen and oxygen atoms in total. The second kappa shape index (κ2) is 7.49. The number of piperidine rings is 1. The van der Waals surface area contributed by atoms with Crippen molar-refractivity contribution in [2.45, 2.75) is 44.7 Å². The Kier molecular flexibility index (Phi) is 5.66. The van der Waals surface area contributed by atoms with Crippen molar-refractivity contribution in [2.75, 3.05) is 20.8 Å². The summed E-state index contributed by atoms with van der Waals surface area (Å²) >= 11 is 0. The van der Waals surface area contributed by atoms with Gasteiger partial charge in [0.25, 0.3) is 0 Å². The standard InChI is InChI=1S/C17H26N2O3/c1-12-8-14(18)6-7-19(12)17(20)5-4-13-9-15(21-2)11-16(10-13)22-3/h9-12,14H,4-8,18H2,1-3H3/t12-,14+/m0/s1. The van der Waals surface area contributed by atoms with Gasteiger partial charge in [0.05, 0.1) is 14.2 Å². The third kappa shape index (κ3) is 4.13. The van der Waals surface area contributed by atoms with E-state index in [9.17, 15) is 4.79 Å². The summed E-state index contributed by atoms with van der Waals surface area (Å²) in [6.07, 6.45) is 2.96. The molecule has 1 heterocycles. The van der Waals surface area contributed by atoms with Crippen molar-refractivity contribution in [1.82, 2.24) is 4.90 Å². The zero-order valence-electron chi connectivity index (χ0n) is 13.7. The molecule has 1 aromatic carbocycles. The summed E-state index contributed by atoms with van der Waals surface area (Å²) in [6, 6.07) is 6.19. The van der Waals surface area contributed by atoms with Crippen LogP contribution in [0.4, 0.5) is 0 Å².